The first-order valence-corrected chi connectivity index (χ1v) is 6.64. The summed E-state index contributed by atoms with van der Waals surface area (Å²) < 4.78 is 23.0. The molecule has 2 aromatic rings. The predicted molar refractivity (Wildman–Crippen MR) is 78.3 cm³/mol. The quantitative estimate of drug-likeness (QED) is 0.608. The van der Waals surface area contributed by atoms with Crippen molar-refractivity contribution in [1.82, 2.24) is 0 Å². The third-order valence-corrected chi connectivity index (χ3v) is 3.12. The van der Waals surface area contributed by atoms with Crippen LogP contribution in [0.3, 0.4) is 0 Å². The Morgan fingerprint density at radius 3 is 2.55 bits per heavy atom. The topological polar surface area (TPSA) is 52.6 Å². The highest BCUT2D eigenvalue weighted by Gasteiger charge is 2.09. The van der Waals surface area contributed by atoms with Gasteiger partial charge in [0, 0.05) is 5.56 Å². The molecule has 5 heteroatoms. The SMILES string of the molecule is COC(=O)Cc1cc(OCc2ccc(F)cc2)ccc1C=O. The Kier molecular flexibility index (Phi) is 5.25. The van der Waals surface area contributed by atoms with E-state index in [1.165, 1.54) is 19.2 Å². The van der Waals surface area contributed by atoms with Crippen molar-refractivity contribution >= 4 is 12.3 Å². The number of hydrogen-bond donors (Lipinski definition) is 0. The van der Waals surface area contributed by atoms with Crippen LogP contribution in [-0.2, 0) is 22.6 Å². The zero-order chi connectivity index (χ0) is 15.9. The van der Waals surface area contributed by atoms with Gasteiger partial charge in [-0.15, -0.1) is 0 Å². The van der Waals surface area contributed by atoms with E-state index in [0.717, 1.165) is 5.56 Å². The Hall–Kier alpha value is -2.69. The number of rotatable bonds is 6. The van der Waals surface area contributed by atoms with E-state index in [9.17, 15) is 14.0 Å². The Bertz CT molecular complexity index is 665. The average molecular weight is 302 g/mol. The fourth-order valence-electron chi connectivity index (χ4n) is 1.91. The van der Waals surface area contributed by atoms with E-state index in [4.69, 9.17) is 4.74 Å². The zero-order valence-electron chi connectivity index (χ0n) is 12.0. The van der Waals surface area contributed by atoms with Crippen LogP contribution in [-0.4, -0.2) is 19.4 Å². The van der Waals surface area contributed by atoms with Crippen LogP contribution in [0.25, 0.3) is 0 Å². The van der Waals surface area contributed by atoms with E-state index in [-0.39, 0.29) is 18.8 Å². The number of carbonyl (C=O) groups excluding carboxylic acids is 2. The zero-order valence-corrected chi connectivity index (χ0v) is 12.0. The molecular formula is C17H15FO4. The fraction of sp³-hybridized carbons (Fsp3) is 0.176. The van der Waals surface area contributed by atoms with Gasteiger partial charge in [0.2, 0.25) is 0 Å². The molecule has 0 atom stereocenters. The number of aldehydes is 1. The van der Waals surface area contributed by atoms with Crippen LogP contribution in [0.4, 0.5) is 4.39 Å². The lowest BCUT2D eigenvalue weighted by atomic mass is 10.1. The van der Waals surface area contributed by atoms with Crippen molar-refractivity contribution in [3.05, 3.63) is 65.0 Å². The first-order chi connectivity index (χ1) is 10.6. The molecule has 0 amide bonds. The summed E-state index contributed by atoms with van der Waals surface area (Å²) in [5.41, 5.74) is 1.77. The lowest BCUT2D eigenvalue weighted by Crippen LogP contribution is -2.07. The van der Waals surface area contributed by atoms with Gasteiger partial charge in [-0.1, -0.05) is 12.1 Å². The van der Waals surface area contributed by atoms with Gasteiger partial charge in [-0.05, 0) is 41.5 Å². The molecule has 0 unspecified atom stereocenters. The monoisotopic (exact) mass is 302 g/mol. The normalized spacial score (nSPS) is 10.1. The van der Waals surface area contributed by atoms with Gasteiger partial charge in [-0.3, -0.25) is 9.59 Å². The summed E-state index contributed by atoms with van der Waals surface area (Å²) in [7, 11) is 1.29. The van der Waals surface area contributed by atoms with Crippen LogP contribution in [0.2, 0.25) is 0 Å². The lowest BCUT2D eigenvalue weighted by molar-refractivity contribution is -0.139. The molecule has 0 saturated heterocycles. The van der Waals surface area contributed by atoms with E-state index in [1.54, 1.807) is 30.3 Å². The molecule has 2 aromatic carbocycles. The maximum absolute atomic E-state index is 12.8. The molecule has 0 N–H and O–H groups in total. The second-order valence-electron chi connectivity index (χ2n) is 4.65. The summed E-state index contributed by atoms with van der Waals surface area (Å²) in [6, 6.07) is 10.8. The summed E-state index contributed by atoms with van der Waals surface area (Å²) in [5.74, 6) is -0.216. The molecule has 2 rings (SSSR count). The van der Waals surface area contributed by atoms with E-state index < -0.39 is 5.97 Å². The minimum atomic E-state index is -0.432. The van der Waals surface area contributed by atoms with E-state index in [2.05, 4.69) is 4.74 Å². The highest BCUT2D eigenvalue weighted by molar-refractivity contribution is 5.82. The fourth-order valence-corrected chi connectivity index (χ4v) is 1.91. The molecule has 0 aliphatic heterocycles. The van der Waals surface area contributed by atoms with Crippen molar-refractivity contribution in [2.45, 2.75) is 13.0 Å². The molecule has 4 nitrogen and oxygen atoms in total. The minimum Gasteiger partial charge on any atom is -0.489 e. The largest absolute Gasteiger partial charge is 0.489 e. The van der Waals surface area contributed by atoms with Gasteiger partial charge in [-0.2, -0.15) is 0 Å². The number of esters is 1. The lowest BCUT2D eigenvalue weighted by Gasteiger charge is -2.10. The molecule has 0 spiro atoms. The van der Waals surface area contributed by atoms with Gasteiger partial charge in [0.25, 0.3) is 0 Å². The maximum atomic E-state index is 12.8. The van der Waals surface area contributed by atoms with Gasteiger partial charge < -0.3 is 9.47 Å². The molecule has 0 heterocycles. The highest BCUT2D eigenvalue weighted by atomic mass is 19.1. The molecule has 0 aliphatic rings. The molecular weight excluding hydrogens is 287 g/mol. The molecule has 0 radical (unpaired) electrons. The van der Waals surface area contributed by atoms with Crippen molar-refractivity contribution < 1.29 is 23.5 Å². The van der Waals surface area contributed by atoms with Gasteiger partial charge in [0.15, 0.2) is 0 Å². The first-order valence-electron chi connectivity index (χ1n) is 6.64. The van der Waals surface area contributed by atoms with Crippen LogP contribution in [0.15, 0.2) is 42.5 Å². The number of carbonyl (C=O) groups is 2. The summed E-state index contributed by atoms with van der Waals surface area (Å²) >= 11 is 0. The van der Waals surface area contributed by atoms with Crippen molar-refractivity contribution in [2.75, 3.05) is 7.11 Å². The van der Waals surface area contributed by atoms with Crippen LogP contribution in [0, 0.1) is 5.82 Å². The standard InChI is InChI=1S/C17H15FO4/c1-21-17(20)9-14-8-16(7-4-13(14)10-19)22-11-12-2-5-15(18)6-3-12/h2-8,10H,9,11H2,1H3. The van der Waals surface area contributed by atoms with Gasteiger partial charge in [-0.25, -0.2) is 4.39 Å². The second kappa shape index (κ2) is 7.36. The third-order valence-electron chi connectivity index (χ3n) is 3.12. The predicted octanol–water partition coefficient (Wildman–Crippen LogP) is 2.93. The molecule has 22 heavy (non-hydrogen) atoms. The Labute approximate surface area is 127 Å². The number of ether oxygens (including phenoxy) is 2. The summed E-state index contributed by atoms with van der Waals surface area (Å²) in [4.78, 5) is 22.3. The summed E-state index contributed by atoms with van der Waals surface area (Å²) in [5, 5.41) is 0. The number of hydrogen-bond acceptors (Lipinski definition) is 4. The van der Waals surface area contributed by atoms with E-state index in [0.29, 0.717) is 23.2 Å². The Morgan fingerprint density at radius 1 is 1.18 bits per heavy atom. The molecule has 0 fully saturated rings. The number of methoxy groups -OCH3 is 1. The Morgan fingerprint density at radius 2 is 1.91 bits per heavy atom. The maximum Gasteiger partial charge on any atom is 0.310 e. The average Bonchev–Trinajstić information content (AvgIpc) is 2.54. The highest BCUT2D eigenvalue weighted by Crippen LogP contribution is 2.19. The smallest absolute Gasteiger partial charge is 0.310 e. The number of halogens is 1. The molecule has 0 bridgehead atoms. The third kappa shape index (κ3) is 4.15. The Balaban J connectivity index is 2.10. The molecule has 0 aromatic heterocycles. The van der Waals surface area contributed by atoms with E-state index in [1.807, 2.05) is 0 Å². The van der Waals surface area contributed by atoms with Crippen molar-refractivity contribution in [3.8, 4) is 5.75 Å². The van der Waals surface area contributed by atoms with Crippen molar-refractivity contribution in [1.29, 1.82) is 0 Å². The van der Waals surface area contributed by atoms with Crippen LogP contribution in [0.5, 0.6) is 5.75 Å². The van der Waals surface area contributed by atoms with Crippen LogP contribution < -0.4 is 4.74 Å². The molecule has 114 valence electrons. The van der Waals surface area contributed by atoms with Gasteiger partial charge in [0.05, 0.1) is 13.5 Å². The second-order valence-corrected chi connectivity index (χ2v) is 4.65. The van der Waals surface area contributed by atoms with Gasteiger partial charge in [0.1, 0.15) is 24.5 Å². The van der Waals surface area contributed by atoms with Crippen molar-refractivity contribution in [3.63, 3.8) is 0 Å². The summed E-state index contributed by atoms with van der Waals surface area (Å²) in [6.07, 6.45) is 0.681. The first kappa shape index (κ1) is 15.7. The van der Waals surface area contributed by atoms with Crippen molar-refractivity contribution in [2.24, 2.45) is 0 Å². The minimum absolute atomic E-state index is 0.00167. The molecule has 0 saturated carbocycles. The van der Waals surface area contributed by atoms with Gasteiger partial charge >= 0.3 is 5.97 Å². The van der Waals surface area contributed by atoms with Crippen LogP contribution >= 0.6 is 0 Å². The number of benzene rings is 2. The molecule has 0 aliphatic carbocycles. The van der Waals surface area contributed by atoms with Crippen LogP contribution in [0.1, 0.15) is 21.5 Å². The van der Waals surface area contributed by atoms with E-state index >= 15 is 0 Å². The summed E-state index contributed by atoms with van der Waals surface area (Å²) in [6.45, 7) is 0.262.